The minimum absolute atomic E-state index is 0.0540. The van der Waals surface area contributed by atoms with Gasteiger partial charge in [-0.05, 0) is 47.9 Å². The van der Waals surface area contributed by atoms with Gasteiger partial charge in [0.05, 0.1) is 28.6 Å². The van der Waals surface area contributed by atoms with Gasteiger partial charge >= 0.3 is 0 Å². The van der Waals surface area contributed by atoms with Gasteiger partial charge in [-0.1, -0.05) is 11.8 Å². The van der Waals surface area contributed by atoms with Crippen LogP contribution in [0.5, 0.6) is 5.75 Å². The first-order chi connectivity index (χ1) is 16.8. The normalized spacial score (nSPS) is 15.1. The van der Waals surface area contributed by atoms with Crippen LogP contribution in [0.4, 0.5) is 5.69 Å². The molecule has 0 fully saturated rings. The molecule has 0 unspecified atom stereocenters. The van der Waals surface area contributed by atoms with Gasteiger partial charge in [0.15, 0.2) is 0 Å². The Labute approximate surface area is 220 Å². The van der Waals surface area contributed by atoms with Crippen LogP contribution in [0, 0.1) is 0 Å². The van der Waals surface area contributed by atoms with Gasteiger partial charge in [-0.2, -0.15) is 21.4 Å². The van der Waals surface area contributed by atoms with Gasteiger partial charge in [0.1, 0.15) is 5.75 Å². The van der Waals surface area contributed by atoms with Crippen molar-refractivity contribution in [2.75, 3.05) is 17.2 Å². The largest absolute Gasteiger partial charge is 0.508 e. The summed E-state index contributed by atoms with van der Waals surface area (Å²) in [4.78, 5) is 14.5. The number of anilines is 1. The number of benzene rings is 1. The number of aromatic nitrogens is 1. The fourth-order valence-electron chi connectivity index (χ4n) is 3.62. The van der Waals surface area contributed by atoms with Crippen LogP contribution in [-0.2, 0) is 30.8 Å². The third-order valence-corrected chi connectivity index (χ3v) is 9.32. The molecular weight excluding hydrogens is 574 g/mol. The van der Waals surface area contributed by atoms with E-state index in [2.05, 4.69) is 0 Å². The fourth-order valence-corrected chi connectivity index (χ4v) is 7.83. The second-order valence-electron chi connectivity index (χ2n) is 7.88. The van der Waals surface area contributed by atoms with Crippen molar-refractivity contribution >= 4 is 82.9 Å². The van der Waals surface area contributed by atoms with E-state index < -0.39 is 31.9 Å². The Morgan fingerprint density at radius 2 is 2.00 bits per heavy atom. The number of fused-ring (bicyclic) bond motifs is 2. The molecule has 0 radical (unpaired) electrons. The molecule has 0 spiro atoms. The molecule has 1 aliphatic heterocycles. The van der Waals surface area contributed by atoms with Gasteiger partial charge in [0, 0.05) is 24.4 Å². The van der Waals surface area contributed by atoms with Crippen LogP contribution in [0.3, 0.4) is 0 Å². The summed E-state index contributed by atoms with van der Waals surface area (Å²) in [6, 6.07) is 6.37. The van der Waals surface area contributed by atoms with Crippen LogP contribution in [0.1, 0.15) is 24.8 Å². The van der Waals surface area contributed by atoms with Crippen LogP contribution in [0.15, 0.2) is 38.6 Å². The minimum atomic E-state index is -4.08. The quantitative estimate of drug-likeness (QED) is 0.191. The van der Waals surface area contributed by atoms with Gasteiger partial charge < -0.3 is 14.4 Å². The van der Waals surface area contributed by atoms with Crippen LogP contribution in [-0.4, -0.2) is 44.7 Å². The van der Waals surface area contributed by atoms with E-state index in [0.717, 1.165) is 23.2 Å². The minimum Gasteiger partial charge on any atom is -0.508 e. The van der Waals surface area contributed by atoms with Crippen LogP contribution in [0.2, 0.25) is 5.22 Å². The average molecular weight is 595 g/mol. The van der Waals surface area contributed by atoms with Crippen molar-refractivity contribution in [3.63, 3.8) is 0 Å². The van der Waals surface area contributed by atoms with E-state index in [1.807, 2.05) is 9.62 Å². The summed E-state index contributed by atoms with van der Waals surface area (Å²) in [5.41, 5.74) is 1.14. The maximum atomic E-state index is 12.5. The zero-order valence-corrected chi connectivity index (χ0v) is 22.7. The number of nitrogens with zero attached hydrogens (tertiary/aromatic N) is 2. The van der Waals surface area contributed by atoms with Crippen molar-refractivity contribution in [3.05, 3.63) is 39.5 Å². The van der Waals surface area contributed by atoms with Crippen molar-refractivity contribution < 1.29 is 40.3 Å². The number of rotatable bonds is 9. The number of hydrogen-bond acceptors (Lipinski definition) is 10. The monoisotopic (exact) mass is 594 g/mol. The third kappa shape index (κ3) is 6.33. The molecule has 11 nitrogen and oxygen atoms in total. The number of aromatic hydroxyl groups is 1. The molecule has 36 heavy (non-hydrogen) atoms. The molecule has 0 bridgehead atoms. The highest BCUT2D eigenvalue weighted by atomic mass is 35.5. The summed E-state index contributed by atoms with van der Waals surface area (Å²) in [7, 11) is -8.11. The predicted octanol–water partition coefficient (Wildman–Crippen LogP) is 3.14. The molecule has 3 aromatic rings. The number of nitrogens with one attached hydrogen (secondary N) is 1. The topological polar surface area (TPSA) is 158 Å². The first-order valence-electron chi connectivity index (χ1n) is 10.4. The highest BCUT2D eigenvalue weighted by Gasteiger charge is 2.32. The van der Waals surface area contributed by atoms with Crippen molar-refractivity contribution in [1.82, 2.24) is 4.72 Å². The summed E-state index contributed by atoms with van der Waals surface area (Å²) in [5, 5.41) is 11.3. The summed E-state index contributed by atoms with van der Waals surface area (Å²) in [5.74, 6) is -1.60. The number of thioether (sulfide) groups is 1. The second kappa shape index (κ2) is 10.2. The maximum absolute atomic E-state index is 12.5. The summed E-state index contributed by atoms with van der Waals surface area (Å²) in [6.07, 6.45) is 2.40. The molecule has 1 aliphatic rings. The first kappa shape index (κ1) is 26.8. The Morgan fingerprint density at radius 3 is 2.69 bits per heavy atom. The summed E-state index contributed by atoms with van der Waals surface area (Å²) >= 11 is 8.53. The number of unbranched alkanes of at least 4 members (excludes halogenated alkanes) is 1. The van der Waals surface area contributed by atoms with Crippen molar-refractivity contribution in [2.45, 2.75) is 30.5 Å². The zero-order valence-electron chi connectivity index (χ0n) is 18.7. The van der Waals surface area contributed by atoms with Crippen LogP contribution >= 0.6 is 34.7 Å². The highest BCUT2D eigenvalue weighted by molar-refractivity contribution is 8.04. The molecule has 1 amide bonds. The number of phenols is 1. The molecule has 16 heteroatoms. The molecule has 1 aromatic carbocycles. The molecule has 0 saturated heterocycles. The Morgan fingerprint density at radius 1 is 1.25 bits per heavy atom. The van der Waals surface area contributed by atoms with E-state index in [-0.39, 0.29) is 23.1 Å². The van der Waals surface area contributed by atoms with E-state index in [9.17, 15) is 26.7 Å². The number of halogens is 1. The highest BCUT2D eigenvalue weighted by Crippen LogP contribution is 2.48. The summed E-state index contributed by atoms with van der Waals surface area (Å²) < 4.78 is 65.1. The van der Waals surface area contributed by atoms with E-state index in [1.165, 1.54) is 22.4 Å². The average Bonchev–Trinajstić information content (AvgIpc) is 3.35. The van der Waals surface area contributed by atoms with Crippen molar-refractivity contribution in [2.24, 2.45) is 0 Å². The number of carbonyl (C=O) groups is 1. The molecule has 2 aromatic heterocycles. The molecule has 3 heterocycles. The van der Waals surface area contributed by atoms with Gasteiger partial charge in [-0.3, -0.25) is 9.35 Å². The number of amides is 1. The maximum Gasteiger partial charge on any atom is 0.296 e. The van der Waals surface area contributed by atoms with E-state index in [4.69, 9.17) is 20.6 Å². The van der Waals surface area contributed by atoms with Crippen LogP contribution < -0.4 is 14.2 Å². The number of thiazole rings is 1. The second-order valence-corrected chi connectivity index (χ2v) is 13.6. The lowest BCUT2D eigenvalue weighted by Crippen LogP contribution is -2.44. The fraction of sp³-hybridized carbons (Fsp3) is 0.300. The van der Waals surface area contributed by atoms with Crippen molar-refractivity contribution in [3.8, 4) is 5.75 Å². The van der Waals surface area contributed by atoms with Gasteiger partial charge in [0.2, 0.25) is 11.1 Å². The number of carbonyl (C=O) groups excluding carboxylic acids is 1. The Balaban J connectivity index is 1.72. The summed E-state index contributed by atoms with van der Waals surface area (Å²) in [6.45, 7) is 1.48. The number of phenolic OH excluding ortho intramolecular Hbond substituents is 1. The molecule has 0 aliphatic carbocycles. The Bertz CT molecular complexity index is 1580. The molecule has 0 atom stereocenters. The number of sulfonamides is 1. The molecule has 0 saturated carbocycles. The Kier molecular flexibility index (Phi) is 7.60. The standard InChI is InChI=1S/C20H20ClN3O8S4/c1-12(25)22-35(27,28)11-24-15-9-17(21)32-20(15)34-19(24)10-18-23(6-2-3-7-36(29,30)31)14-8-13(26)4-5-16(14)33-18/h4-5,8-10H,2-3,6-7,11H2,1H3,(H2-,22,25,26,29,30,31)/p+1. The van der Waals surface area contributed by atoms with Crippen molar-refractivity contribution in [1.29, 1.82) is 0 Å². The predicted molar refractivity (Wildman–Crippen MR) is 137 cm³/mol. The molecule has 4 rings (SSSR count). The van der Waals surface area contributed by atoms with Crippen LogP contribution in [0.25, 0.3) is 16.5 Å². The first-order valence-corrected chi connectivity index (χ1v) is 15.7. The third-order valence-electron chi connectivity index (χ3n) is 5.00. The Hall–Kier alpha value is -2.30. The lowest BCUT2D eigenvalue weighted by atomic mass is 10.2. The van der Waals surface area contributed by atoms with E-state index in [0.29, 0.717) is 39.1 Å². The number of hydrogen-bond donors (Lipinski definition) is 3. The lowest BCUT2D eigenvalue weighted by Gasteiger charge is -2.20. The smallest absolute Gasteiger partial charge is 0.296 e. The molecular formula is C20H21ClN3O8S4+. The molecule has 194 valence electrons. The SMILES string of the molecule is CC(=O)NS(=O)(=O)C[n+]1c(C=C2Sc3ccc(O)cc3N2CCCCS(=O)(=O)O)sc2oc(Cl)cc21. The van der Waals surface area contributed by atoms with Gasteiger partial charge in [-0.25, -0.2) is 4.72 Å². The molecule has 3 N–H and O–H groups in total. The van der Waals surface area contributed by atoms with E-state index in [1.54, 1.807) is 24.3 Å². The van der Waals surface area contributed by atoms with Gasteiger partial charge in [-0.15, -0.1) is 0 Å². The zero-order chi connectivity index (χ0) is 26.3. The van der Waals surface area contributed by atoms with Gasteiger partial charge in [0.25, 0.3) is 41.4 Å². The number of furan rings is 1. The van der Waals surface area contributed by atoms with E-state index >= 15 is 0 Å². The lowest BCUT2D eigenvalue weighted by molar-refractivity contribution is -0.648.